The van der Waals surface area contributed by atoms with Crippen LogP contribution < -0.4 is 0 Å². The second kappa shape index (κ2) is 6.27. The molecule has 1 atom stereocenters. The molecule has 0 aromatic heterocycles. The van der Waals surface area contributed by atoms with Gasteiger partial charge in [0.05, 0.1) is 5.41 Å². The summed E-state index contributed by atoms with van der Waals surface area (Å²) in [5.74, 6) is 1.08. The van der Waals surface area contributed by atoms with Gasteiger partial charge in [-0.1, -0.05) is 36.8 Å². The van der Waals surface area contributed by atoms with Gasteiger partial charge in [-0.05, 0) is 56.7 Å². The topological polar surface area (TPSA) is 23.6 Å². The summed E-state index contributed by atoms with van der Waals surface area (Å²) in [4.78, 5) is 17.9. The molecule has 3 nitrogen and oxygen atoms in total. The fourth-order valence-corrected chi connectivity index (χ4v) is 4.48. The van der Waals surface area contributed by atoms with Crippen molar-refractivity contribution in [1.29, 1.82) is 0 Å². The molecular formula is C20H28N2O. The lowest BCUT2D eigenvalue weighted by molar-refractivity contribution is -0.133. The Hall–Kier alpha value is -1.35. The van der Waals surface area contributed by atoms with Gasteiger partial charge in [0, 0.05) is 19.6 Å². The second-order valence-corrected chi connectivity index (χ2v) is 7.72. The van der Waals surface area contributed by atoms with E-state index in [0.29, 0.717) is 11.8 Å². The third-order valence-corrected chi connectivity index (χ3v) is 6.02. The van der Waals surface area contributed by atoms with E-state index in [1.165, 1.54) is 50.9 Å². The molecule has 3 fully saturated rings. The van der Waals surface area contributed by atoms with Gasteiger partial charge in [0.1, 0.15) is 0 Å². The van der Waals surface area contributed by atoms with Crippen LogP contribution in [0.4, 0.5) is 0 Å². The van der Waals surface area contributed by atoms with Crippen molar-refractivity contribution in [2.45, 2.75) is 43.9 Å². The molecule has 1 aromatic carbocycles. The summed E-state index contributed by atoms with van der Waals surface area (Å²) >= 11 is 0. The lowest BCUT2D eigenvalue weighted by Crippen LogP contribution is -2.39. The van der Waals surface area contributed by atoms with Crippen molar-refractivity contribution >= 4 is 5.91 Å². The first-order chi connectivity index (χ1) is 11.3. The van der Waals surface area contributed by atoms with Gasteiger partial charge in [0.15, 0.2) is 0 Å². The molecule has 2 aliphatic heterocycles. The van der Waals surface area contributed by atoms with Gasteiger partial charge in [0.25, 0.3) is 0 Å². The highest BCUT2D eigenvalue weighted by Gasteiger charge is 2.53. The molecule has 3 heteroatoms. The summed E-state index contributed by atoms with van der Waals surface area (Å²) in [5, 5.41) is 0. The number of hydrogen-bond donors (Lipinski definition) is 0. The summed E-state index contributed by atoms with van der Waals surface area (Å²) < 4.78 is 0. The maximum atomic E-state index is 13.1. The monoisotopic (exact) mass is 312 g/mol. The quantitative estimate of drug-likeness (QED) is 0.853. The summed E-state index contributed by atoms with van der Waals surface area (Å²) in [5.41, 5.74) is 1.05. The molecule has 0 spiro atoms. The highest BCUT2D eigenvalue weighted by molar-refractivity contribution is 5.91. The Morgan fingerprint density at radius 2 is 1.78 bits per heavy atom. The van der Waals surface area contributed by atoms with E-state index in [-0.39, 0.29) is 5.41 Å². The number of amides is 1. The van der Waals surface area contributed by atoms with E-state index in [1.807, 2.05) is 6.07 Å². The number of hydrogen-bond acceptors (Lipinski definition) is 2. The van der Waals surface area contributed by atoms with Gasteiger partial charge in [-0.15, -0.1) is 0 Å². The van der Waals surface area contributed by atoms with E-state index < -0.39 is 0 Å². The van der Waals surface area contributed by atoms with E-state index in [9.17, 15) is 4.79 Å². The van der Waals surface area contributed by atoms with Crippen molar-refractivity contribution in [3.05, 3.63) is 35.9 Å². The minimum atomic E-state index is -0.179. The number of carbonyl (C=O) groups is 1. The Kier molecular flexibility index (Phi) is 4.14. The lowest BCUT2D eigenvalue weighted by Gasteiger charge is -2.29. The van der Waals surface area contributed by atoms with Crippen LogP contribution in [0.25, 0.3) is 0 Å². The maximum absolute atomic E-state index is 13.1. The molecule has 2 heterocycles. The van der Waals surface area contributed by atoms with Crippen LogP contribution in [-0.2, 0) is 10.2 Å². The molecule has 2 saturated heterocycles. The third kappa shape index (κ3) is 3.03. The number of piperidine rings is 1. The summed E-state index contributed by atoms with van der Waals surface area (Å²) in [6.07, 6.45) is 7.35. The van der Waals surface area contributed by atoms with E-state index in [0.717, 1.165) is 25.9 Å². The van der Waals surface area contributed by atoms with Gasteiger partial charge in [0.2, 0.25) is 5.91 Å². The Bertz CT molecular complexity index is 546. The standard InChI is InChI=1S/C20H28N2O/c23-19(20(10-11-20)18-7-3-1-4-8-18)22-14-9-17(16-22)15-21-12-5-2-6-13-21/h1,3-4,7-8,17H,2,5-6,9-16H2/t17-/m0/s1. The van der Waals surface area contributed by atoms with Gasteiger partial charge >= 0.3 is 0 Å². The van der Waals surface area contributed by atoms with Gasteiger partial charge in [-0.3, -0.25) is 4.79 Å². The van der Waals surface area contributed by atoms with Crippen molar-refractivity contribution in [3.63, 3.8) is 0 Å². The molecule has 4 rings (SSSR count). The first kappa shape index (κ1) is 15.2. The summed E-state index contributed by atoms with van der Waals surface area (Å²) in [6, 6.07) is 10.4. The minimum absolute atomic E-state index is 0.179. The lowest BCUT2D eigenvalue weighted by atomic mass is 9.94. The minimum Gasteiger partial charge on any atom is -0.342 e. The molecule has 1 amide bonds. The van der Waals surface area contributed by atoms with Crippen LogP contribution in [0, 0.1) is 5.92 Å². The van der Waals surface area contributed by atoms with Gasteiger partial charge in [-0.25, -0.2) is 0 Å². The van der Waals surface area contributed by atoms with Crippen molar-refractivity contribution < 1.29 is 4.79 Å². The van der Waals surface area contributed by atoms with Gasteiger partial charge < -0.3 is 9.80 Å². The molecule has 1 aliphatic carbocycles. The zero-order valence-corrected chi connectivity index (χ0v) is 14.0. The number of benzene rings is 1. The highest BCUT2D eigenvalue weighted by atomic mass is 16.2. The highest BCUT2D eigenvalue weighted by Crippen LogP contribution is 2.50. The van der Waals surface area contributed by atoms with Crippen LogP contribution in [0.2, 0.25) is 0 Å². The second-order valence-electron chi connectivity index (χ2n) is 7.72. The van der Waals surface area contributed by atoms with E-state index >= 15 is 0 Å². The molecule has 124 valence electrons. The van der Waals surface area contributed by atoms with E-state index in [1.54, 1.807) is 0 Å². The van der Waals surface area contributed by atoms with Crippen LogP contribution in [0.1, 0.15) is 44.1 Å². The molecule has 1 aromatic rings. The van der Waals surface area contributed by atoms with Crippen molar-refractivity contribution in [2.24, 2.45) is 5.92 Å². The molecule has 0 unspecified atom stereocenters. The van der Waals surface area contributed by atoms with Crippen LogP contribution in [0.5, 0.6) is 0 Å². The maximum Gasteiger partial charge on any atom is 0.233 e. The Morgan fingerprint density at radius 1 is 1.04 bits per heavy atom. The number of nitrogens with zero attached hydrogens (tertiary/aromatic N) is 2. The summed E-state index contributed by atoms with van der Waals surface area (Å²) in [7, 11) is 0. The van der Waals surface area contributed by atoms with E-state index in [4.69, 9.17) is 0 Å². The van der Waals surface area contributed by atoms with Crippen LogP contribution in [-0.4, -0.2) is 48.4 Å². The smallest absolute Gasteiger partial charge is 0.233 e. The fraction of sp³-hybridized carbons (Fsp3) is 0.650. The molecular weight excluding hydrogens is 284 g/mol. The Morgan fingerprint density at radius 3 is 2.48 bits per heavy atom. The fourth-order valence-electron chi connectivity index (χ4n) is 4.48. The average molecular weight is 312 g/mol. The number of carbonyl (C=O) groups excluding carboxylic acids is 1. The van der Waals surface area contributed by atoms with E-state index in [2.05, 4.69) is 34.1 Å². The molecule has 23 heavy (non-hydrogen) atoms. The zero-order valence-electron chi connectivity index (χ0n) is 14.0. The predicted molar refractivity (Wildman–Crippen MR) is 92.3 cm³/mol. The molecule has 0 bridgehead atoms. The first-order valence-electron chi connectivity index (χ1n) is 9.35. The molecule has 3 aliphatic rings. The third-order valence-electron chi connectivity index (χ3n) is 6.02. The van der Waals surface area contributed by atoms with Crippen LogP contribution >= 0.6 is 0 Å². The number of likely N-dealkylation sites (tertiary alicyclic amines) is 2. The van der Waals surface area contributed by atoms with Crippen LogP contribution in [0.15, 0.2) is 30.3 Å². The van der Waals surface area contributed by atoms with Crippen molar-refractivity contribution in [2.75, 3.05) is 32.7 Å². The zero-order chi connectivity index (χ0) is 15.7. The largest absolute Gasteiger partial charge is 0.342 e. The predicted octanol–water partition coefficient (Wildman–Crippen LogP) is 3.05. The number of rotatable bonds is 4. The Balaban J connectivity index is 1.37. The van der Waals surface area contributed by atoms with Crippen molar-refractivity contribution in [3.8, 4) is 0 Å². The summed E-state index contributed by atoms with van der Waals surface area (Å²) in [6.45, 7) is 5.66. The molecule has 0 N–H and O–H groups in total. The first-order valence-corrected chi connectivity index (χ1v) is 9.35. The normalized spacial score (nSPS) is 27.1. The Labute approximate surface area is 139 Å². The average Bonchev–Trinajstić information content (AvgIpc) is 3.30. The SMILES string of the molecule is O=C(N1CC[C@@H](CN2CCCCC2)C1)C1(c2ccccc2)CC1. The van der Waals surface area contributed by atoms with Gasteiger partial charge in [-0.2, -0.15) is 0 Å². The van der Waals surface area contributed by atoms with Crippen LogP contribution in [0.3, 0.4) is 0 Å². The molecule has 1 saturated carbocycles. The van der Waals surface area contributed by atoms with Crippen molar-refractivity contribution in [1.82, 2.24) is 9.80 Å². The molecule has 0 radical (unpaired) electrons.